The fourth-order valence-electron chi connectivity index (χ4n) is 5.65. The first-order chi connectivity index (χ1) is 17.0. The van der Waals surface area contributed by atoms with Crippen LogP contribution in [0, 0.1) is 5.92 Å². The van der Waals surface area contributed by atoms with Crippen molar-refractivity contribution in [3.05, 3.63) is 93.1 Å². The number of fused-ring (bicyclic) bond motifs is 5. The SMILES string of the molecule is COc1ccc(/C=C2\Oc3c(ccc(O)c3CN3C[C@@H]4C[C@@H](C3)c3cccc(=O)n3C4)C2=O)cc1. The van der Waals surface area contributed by atoms with Crippen LogP contribution in [0.2, 0.25) is 0 Å². The summed E-state index contributed by atoms with van der Waals surface area (Å²) in [5.41, 5.74) is 3.06. The summed E-state index contributed by atoms with van der Waals surface area (Å²) >= 11 is 0. The number of piperidine rings is 1. The van der Waals surface area contributed by atoms with E-state index < -0.39 is 0 Å². The molecule has 178 valence electrons. The number of likely N-dealkylation sites (tertiary alicyclic amines) is 1. The molecule has 7 nitrogen and oxygen atoms in total. The van der Waals surface area contributed by atoms with Crippen LogP contribution in [-0.2, 0) is 13.1 Å². The van der Waals surface area contributed by atoms with Crippen molar-refractivity contribution in [3.8, 4) is 17.2 Å². The average molecular weight is 471 g/mol. The van der Waals surface area contributed by atoms with Crippen LogP contribution in [0.1, 0.15) is 39.5 Å². The number of rotatable bonds is 4. The van der Waals surface area contributed by atoms with Crippen molar-refractivity contribution < 1.29 is 19.4 Å². The van der Waals surface area contributed by atoms with Gasteiger partial charge in [0.25, 0.3) is 5.56 Å². The van der Waals surface area contributed by atoms with Crippen LogP contribution < -0.4 is 15.0 Å². The Morgan fingerprint density at radius 3 is 2.69 bits per heavy atom. The van der Waals surface area contributed by atoms with E-state index in [1.54, 1.807) is 31.4 Å². The lowest BCUT2D eigenvalue weighted by molar-refractivity contribution is 0.101. The molecule has 0 aliphatic carbocycles. The summed E-state index contributed by atoms with van der Waals surface area (Å²) < 4.78 is 13.2. The van der Waals surface area contributed by atoms with Crippen LogP contribution in [0.15, 0.2) is 65.2 Å². The highest BCUT2D eigenvalue weighted by Crippen LogP contribution is 2.42. The summed E-state index contributed by atoms with van der Waals surface area (Å²) in [7, 11) is 1.61. The predicted octanol–water partition coefficient (Wildman–Crippen LogP) is 3.80. The molecule has 1 saturated heterocycles. The van der Waals surface area contributed by atoms with E-state index in [2.05, 4.69) is 4.90 Å². The topological polar surface area (TPSA) is 81.0 Å². The fraction of sp³-hybridized carbons (Fsp3) is 0.286. The van der Waals surface area contributed by atoms with E-state index in [0.717, 1.165) is 36.5 Å². The van der Waals surface area contributed by atoms with Crippen LogP contribution in [-0.4, -0.2) is 40.6 Å². The van der Waals surface area contributed by atoms with E-state index in [-0.39, 0.29) is 28.8 Å². The molecular weight excluding hydrogens is 444 g/mol. The van der Waals surface area contributed by atoms with Gasteiger partial charge in [0.05, 0.1) is 18.2 Å². The third-order valence-electron chi connectivity index (χ3n) is 7.27. The van der Waals surface area contributed by atoms with Crippen LogP contribution in [0.4, 0.5) is 0 Å². The van der Waals surface area contributed by atoms with E-state index in [9.17, 15) is 14.7 Å². The number of ether oxygens (including phenoxy) is 2. The van der Waals surface area contributed by atoms with E-state index in [0.29, 0.717) is 35.9 Å². The molecule has 3 aliphatic rings. The van der Waals surface area contributed by atoms with Crippen molar-refractivity contribution in [2.75, 3.05) is 20.2 Å². The predicted molar refractivity (Wildman–Crippen MR) is 131 cm³/mol. The lowest BCUT2D eigenvalue weighted by Crippen LogP contribution is -2.46. The van der Waals surface area contributed by atoms with Crippen molar-refractivity contribution in [3.63, 3.8) is 0 Å². The van der Waals surface area contributed by atoms with Gasteiger partial charge in [-0.3, -0.25) is 14.5 Å². The van der Waals surface area contributed by atoms with Gasteiger partial charge in [0.15, 0.2) is 5.76 Å². The molecule has 7 heteroatoms. The first-order valence-corrected chi connectivity index (χ1v) is 11.9. The highest BCUT2D eigenvalue weighted by Gasteiger charge is 2.36. The number of hydrogen-bond acceptors (Lipinski definition) is 6. The molecule has 3 aliphatic heterocycles. The minimum Gasteiger partial charge on any atom is -0.507 e. The van der Waals surface area contributed by atoms with E-state index >= 15 is 0 Å². The van der Waals surface area contributed by atoms with Gasteiger partial charge < -0.3 is 19.1 Å². The number of allylic oxidation sites excluding steroid dienone is 1. The lowest BCUT2D eigenvalue weighted by Gasteiger charge is -2.42. The number of phenolic OH excluding ortho intramolecular Hbond substituents is 1. The Hall–Kier alpha value is -3.84. The van der Waals surface area contributed by atoms with Crippen LogP contribution in [0.25, 0.3) is 6.08 Å². The second kappa shape index (κ2) is 8.43. The Morgan fingerprint density at radius 2 is 1.89 bits per heavy atom. The first-order valence-electron chi connectivity index (χ1n) is 11.9. The molecule has 1 aromatic heterocycles. The summed E-state index contributed by atoms with van der Waals surface area (Å²) in [5.74, 6) is 1.97. The largest absolute Gasteiger partial charge is 0.507 e. The van der Waals surface area contributed by atoms with E-state index in [1.807, 2.05) is 41.0 Å². The number of pyridine rings is 1. The summed E-state index contributed by atoms with van der Waals surface area (Å²) in [5, 5.41) is 10.7. The third kappa shape index (κ3) is 3.82. The fourth-order valence-corrected chi connectivity index (χ4v) is 5.65. The van der Waals surface area contributed by atoms with E-state index in [1.165, 1.54) is 0 Å². The number of nitrogens with zero attached hydrogens (tertiary/aromatic N) is 2. The highest BCUT2D eigenvalue weighted by atomic mass is 16.5. The number of benzene rings is 2. The Morgan fingerprint density at radius 1 is 1.06 bits per heavy atom. The van der Waals surface area contributed by atoms with Gasteiger partial charge in [-0.05, 0) is 54.3 Å². The number of aromatic hydroxyl groups is 1. The van der Waals surface area contributed by atoms with Crippen molar-refractivity contribution in [1.29, 1.82) is 0 Å². The van der Waals surface area contributed by atoms with Gasteiger partial charge in [0.1, 0.15) is 17.2 Å². The van der Waals surface area contributed by atoms with Gasteiger partial charge >= 0.3 is 0 Å². The third-order valence-corrected chi connectivity index (χ3v) is 7.27. The molecule has 0 radical (unpaired) electrons. The van der Waals surface area contributed by atoms with Gasteiger partial charge in [0, 0.05) is 43.9 Å². The minimum atomic E-state index is -0.194. The monoisotopic (exact) mass is 470 g/mol. The molecule has 6 rings (SSSR count). The molecule has 1 N–H and O–H groups in total. The van der Waals surface area contributed by atoms with Gasteiger partial charge in [0.2, 0.25) is 5.78 Å². The Bertz CT molecular complexity index is 1410. The number of ketones is 1. The van der Waals surface area contributed by atoms with Gasteiger partial charge in [-0.1, -0.05) is 18.2 Å². The maximum absolute atomic E-state index is 13.1. The lowest BCUT2D eigenvalue weighted by atomic mass is 9.83. The quantitative estimate of drug-likeness (QED) is 0.585. The molecular formula is C28H26N2O5. The number of phenols is 1. The zero-order chi connectivity index (χ0) is 24.1. The standard InChI is InChI=1S/C28H26N2O5/c1-34-20-7-5-17(6-8-20)12-25-27(33)21-9-10-24(31)22(28(21)35-25)16-29-13-18-11-19(15-29)23-3-2-4-26(32)30(23)14-18/h2-10,12,18-19,31H,11,13-16H2,1H3/b25-12-/t18-,19-/m0/s1. The van der Waals surface area contributed by atoms with Crippen molar-refractivity contribution in [2.45, 2.75) is 25.4 Å². The van der Waals surface area contributed by atoms with Gasteiger partial charge in [-0.2, -0.15) is 0 Å². The molecule has 4 heterocycles. The number of methoxy groups -OCH3 is 1. The molecule has 0 saturated carbocycles. The number of carbonyl (C=O) groups is 1. The molecule has 0 amide bonds. The van der Waals surface area contributed by atoms with Crippen molar-refractivity contribution in [1.82, 2.24) is 9.47 Å². The van der Waals surface area contributed by atoms with Crippen molar-refractivity contribution in [2.24, 2.45) is 5.92 Å². The molecule has 0 unspecified atom stereocenters. The Labute approximate surface area is 202 Å². The second-order valence-corrected chi connectivity index (χ2v) is 9.55. The molecule has 35 heavy (non-hydrogen) atoms. The number of hydrogen-bond donors (Lipinski definition) is 1. The Balaban J connectivity index is 1.27. The van der Waals surface area contributed by atoms with Crippen molar-refractivity contribution >= 4 is 11.9 Å². The first kappa shape index (κ1) is 21.7. The summed E-state index contributed by atoms with van der Waals surface area (Å²) in [6.45, 7) is 2.79. The summed E-state index contributed by atoms with van der Waals surface area (Å²) in [6.07, 6.45) is 2.77. The molecule has 2 bridgehead atoms. The van der Waals surface area contributed by atoms with Crippen LogP contribution in [0.5, 0.6) is 17.2 Å². The van der Waals surface area contributed by atoms with Gasteiger partial charge in [-0.25, -0.2) is 0 Å². The average Bonchev–Trinajstić information content (AvgIpc) is 3.17. The molecule has 1 fully saturated rings. The maximum Gasteiger partial charge on any atom is 0.250 e. The number of aromatic nitrogens is 1. The smallest absolute Gasteiger partial charge is 0.250 e. The van der Waals surface area contributed by atoms with Crippen LogP contribution in [0.3, 0.4) is 0 Å². The number of Topliss-reactive ketones (excluding diaryl/α,β-unsaturated/α-hetero) is 1. The highest BCUT2D eigenvalue weighted by molar-refractivity contribution is 6.15. The van der Waals surface area contributed by atoms with E-state index in [4.69, 9.17) is 9.47 Å². The minimum absolute atomic E-state index is 0.0623. The van der Waals surface area contributed by atoms with Crippen LogP contribution >= 0.6 is 0 Å². The summed E-state index contributed by atoms with van der Waals surface area (Å²) in [6, 6.07) is 16.1. The number of carbonyl (C=O) groups excluding carboxylic acids is 1. The zero-order valence-electron chi connectivity index (χ0n) is 19.4. The zero-order valence-corrected chi connectivity index (χ0v) is 19.4. The second-order valence-electron chi connectivity index (χ2n) is 9.55. The normalized spacial score (nSPS) is 22.0. The molecule has 0 spiro atoms. The molecule has 2 atom stereocenters. The molecule has 3 aromatic rings. The summed E-state index contributed by atoms with van der Waals surface area (Å²) in [4.78, 5) is 27.7. The van der Waals surface area contributed by atoms with Gasteiger partial charge in [-0.15, -0.1) is 0 Å². The Kier molecular flexibility index (Phi) is 5.22. The molecule has 2 aromatic carbocycles. The maximum atomic E-state index is 13.1.